The van der Waals surface area contributed by atoms with Gasteiger partial charge in [-0.25, -0.2) is 0 Å². The molecule has 1 aromatic rings. The Bertz CT molecular complexity index is 392. The van der Waals surface area contributed by atoms with Crippen LogP contribution in [0, 0.1) is 0 Å². The van der Waals surface area contributed by atoms with Crippen molar-refractivity contribution in [3.05, 3.63) is 29.8 Å². The van der Waals surface area contributed by atoms with Crippen LogP contribution in [0.2, 0.25) is 0 Å². The number of rotatable bonds is 4. The molecule has 0 aliphatic carbocycles. The largest absolute Gasteiger partial charge is 0.530 e. The first-order valence-corrected chi connectivity index (χ1v) is 5.32. The second kappa shape index (κ2) is 5.72. The summed E-state index contributed by atoms with van der Waals surface area (Å²) in [6.07, 6.45) is -1.34. The van der Waals surface area contributed by atoms with Gasteiger partial charge in [-0.15, -0.1) is 11.6 Å². The first kappa shape index (κ1) is 12.8. The van der Waals surface area contributed by atoms with E-state index < -0.39 is 11.3 Å². The minimum atomic E-state index is -1.34. The van der Waals surface area contributed by atoms with Crippen LogP contribution in [-0.4, -0.2) is 23.8 Å². The van der Waals surface area contributed by atoms with Gasteiger partial charge in [0.25, 0.3) is 5.24 Å². The Morgan fingerprint density at radius 3 is 2.19 bits per heavy atom. The molecule has 0 heterocycles. The van der Waals surface area contributed by atoms with Crippen LogP contribution >= 0.6 is 23.2 Å². The van der Waals surface area contributed by atoms with E-state index in [1.54, 1.807) is 0 Å². The molecule has 0 aliphatic rings. The zero-order valence-electron chi connectivity index (χ0n) is 8.15. The van der Waals surface area contributed by atoms with Crippen molar-refractivity contribution in [3.63, 3.8) is 0 Å². The summed E-state index contributed by atoms with van der Waals surface area (Å²) in [5.41, 5.74) is 0.692. The van der Waals surface area contributed by atoms with Crippen LogP contribution in [0.4, 0.5) is 10.5 Å². The van der Waals surface area contributed by atoms with Crippen LogP contribution in [-0.2, 0) is 0 Å². The molecular formula is C10H8Cl2NO3-. The molecule has 0 radical (unpaired) electrons. The third kappa shape index (κ3) is 3.12. The molecule has 1 rings (SSSR count). The maximum atomic E-state index is 10.8. The summed E-state index contributed by atoms with van der Waals surface area (Å²) in [5.74, 6) is 0.157. The lowest BCUT2D eigenvalue weighted by molar-refractivity contribution is -0.246. The van der Waals surface area contributed by atoms with Crippen molar-refractivity contribution < 1.29 is 14.7 Å². The lowest BCUT2D eigenvalue weighted by Crippen LogP contribution is -2.42. The SMILES string of the molecule is O=C(Cl)c1ccc(N(CCCl)C(=O)[O-])cc1. The van der Waals surface area contributed by atoms with E-state index in [1.807, 2.05) is 0 Å². The number of nitrogens with zero attached hydrogens (tertiary/aromatic N) is 1. The van der Waals surface area contributed by atoms with Crippen LogP contribution in [0.3, 0.4) is 0 Å². The Morgan fingerprint density at radius 1 is 1.25 bits per heavy atom. The Labute approximate surface area is 102 Å². The summed E-state index contributed by atoms with van der Waals surface area (Å²) >= 11 is 10.7. The van der Waals surface area contributed by atoms with Gasteiger partial charge in [-0.1, -0.05) is 0 Å². The number of halogens is 2. The van der Waals surface area contributed by atoms with E-state index in [4.69, 9.17) is 23.2 Å². The van der Waals surface area contributed by atoms with Gasteiger partial charge >= 0.3 is 0 Å². The van der Waals surface area contributed by atoms with Crippen LogP contribution in [0.15, 0.2) is 24.3 Å². The zero-order valence-corrected chi connectivity index (χ0v) is 9.66. The molecular weight excluding hydrogens is 253 g/mol. The van der Waals surface area contributed by atoms with Crippen molar-refractivity contribution in [1.82, 2.24) is 0 Å². The van der Waals surface area contributed by atoms with E-state index in [2.05, 4.69) is 0 Å². The molecule has 0 aliphatic heterocycles. The second-order valence-corrected chi connectivity index (χ2v) is 3.65. The van der Waals surface area contributed by atoms with Gasteiger partial charge in [0.15, 0.2) is 0 Å². The Kier molecular flexibility index (Phi) is 4.58. The third-order valence-corrected chi connectivity index (χ3v) is 2.32. The number of carboxylic acid groups (broad SMARTS) is 1. The number of carbonyl (C=O) groups excluding carboxylic acids is 2. The zero-order chi connectivity index (χ0) is 12.1. The van der Waals surface area contributed by atoms with Crippen LogP contribution in [0.5, 0.6) is 0 Å². The number of alkyl halides is 1. The average molecular weight is 261 g/mol. The molecule has 16 heavy (non-hydrogen) atoms. The fraction of sp³-hybridized carbons (Fsp3) is 0.200. The van der Waals surface area contributed by atoms with Crippen LogP contribution in [0.1, 0.15) is 10.4 Å². The number of anilines is 1. The Morgan fingerprint density at radius 2 is 1.81 bits per heavy atom. The summed E-state index contributed by atoms with van der Waals surface area (Å²) in [4.78, 5) is 22.5. The molecule has 0 fully saturated rings. The Balaban J connectivity index is 2.94. The van der Waals surface area contributed by atoms with Gasteiger partial charge in [0.05, 0.1) is 0 Å². The van der Waals surface area contributed by atoms with Crippen molar-refractivity contribution in [2.45, 2.75) is 0 Å². The minimum absolute atomic E-state index is 0.123. The van der Waals surface area contributed by atoms with Crippen LogP contribution < -0.4 is 10.0 Å². The van der Waals surface area contributed by atoms with Gasteiger partial charge in [0.1, 0.15) is 6.09 Å². The predicted molar refractivity (Wildman–Crippen MR) is 60.1 cm³/mol. The smallest absolute Gasteiger partial charge is 0.252 e. The summed E-state index contributed by atoms with van der Waals surface area (Å²) in [6, 6.07) is 5.82. The van der Waals surface area contributed by atoms with Crippen molar-refractivity contribution in [2.24, 2.45) is 0 Å². The van der Waals surface area contributed by atoms with Crippen molar-refractivity contribution in [1.29, 1.82) is 0 Å². The number of hydrogen-bond donors (Lipinski definition) is 0. The number of carbonyl (C=O) groups is 2. The predicted octanol–water partition coefficient (Wildman–Crippen LogP) is 1.45. The molecule has 1 aromatic carbocycles. The molecule has 0 bridgehead atoms. The molecule has 0 aromatic heterocycles. The average Bonchev–Trinajstić information content (AvgIpc) is 2.25. The van der Waals surface area contributed by atoms with E-state index in [-0.39, 0.29) is 12.4 Å². The van der Waals surface area contributed by atoms with E-state index in [1.165, 1.54) is 24.3 Å². The van der Waals surface area contributed by atoms with Gasteiger partial charge in [-0.2, -0.15) is 0 Å². The molecule has 0 atom stereocenters. The molecule has 0 spiro atoms. The highest BCUT2D eigenvalue weighted by molar-refractivity contribution is 6.67. The van der Waals surface area contributed by atoms with Gasteiger partial charge in [-0.3, -0.25) is 4.79 Å². The molecule has 0 saturated heterocycles. The second-order valence-electron chi connectivity index (χ2n) is 2.93. The fourth-order valence-electron chi connectivity index (χ4n) is 1.18. The highest BCUT2D eigenvalue weighted by Crippen LogP contribution is 2.16. The van der Waals surface area contributed by atoms with Crippen molar-refractivity contribution in [3.8, 4) is 0 Å². The van der Waals surface area contributed by atoms with Crippen molar-refractivity contribution >= 4 is 40.2 Å². The van der Waals surface area contributed by atoms with Crippen molar-refractivity contribution in [2.75, 3.05) is 17.3 Å². The highest BCUT2D eigenvalue weighted by atomic mass is 35.5. The summed E-state index contributed by atoms with van der Waals surface area (Å²) in [7, 11) is 0. The molecule has 1 amide bonds. The molecule has 4 nitrogen and oxygen atoms in total. The first-order chi connectivity index (χ1) is 7.56. The maximum absolute atomic E-state index is 10.8. The molecule has 0 unspecified atom stereocenters. The van der Waals surface area contributed by atoms with Crippen LogP contribution in [0.25, 0.3) is 0 Å². The first-order valence-electron chi connectivity index (χ1n) is 4.40. The molecule has 0 N–H and O–H groups in total. The molecule has 6 heteroatoms. The minimum Gasteiger partial charge on any atom is -0.530 e. The van der Waals surface area contributed by atoms with Gasteiger partial charge < -0.3 is 14.8 Å². The normalized spacial score (nSPS) is 9.88. The van der Waals surface area contributed by atoms with Gasteiger partial charge in [-0.05, 0) is 35.9 Å². The highest BCUT2D eigenvalue weighted by Gasteiger charge is 2.08. The fourth-order valence-corrected chi connectivity index (χ4v) is 1.48. The number of benzene rings is 1. The summed E-state index contributed by atoms with van der Waals surface area (Å²) < 4.78 is 0. The lowest BCUT2D eigenvalue weighted by atomic mass is 10.2. The standard InChI is InChI=1S/C10H9Cl2NO3/c11-5-6-13(10(15)16)8-3-1-7(2-4-8)9(12)14/h1-4H,5-6H2,(H,15,16)/p-1. The third-order valence-electron chi connectivity index (χ3n) is 1.93. The maximum Gasteiger partial charge on any atom is 0.252 e. The topological polar surface area (TPSA) is 60.4 Å². The summed E-state index contributed by atoms with van der Waals surface area (Å²) in [5, 5.41) is 10.2. The van der Waals surface area contributed by atoms with E-state index in [9.17, 15) is 14.7 Å². The molecule has 0 saturated carbocycles. The number of hydrogen-bond acceptors (Lipinski definition) is 3. The quantitative estimate of drug-likeness (QED) is 0.608. The van der Waals surface area contributed by atoms with Gasteiger partial charge in [0, 0.05) is 23.7 Å². The van der Waals surface area contributed by atoms with Gasteiger partial charge in [0.2, 0.25) is 0 Å². The van der Waals surface area contributed by atoms with E-state index in [0.717, 1.165) is 4.90 Å². The lowest BCUT2D eigenvalue weighted by Gasteiger charge is -2.24. The van der Waals surface area contributed by atoms with E-state index in [0.29, 0.717) is 11.3 Å². The molecule has 86 valence electrons. The summed E-state index contributed by atoms with van der Waals surface area (Å²) in [6.45, 7) is 0.123. The number of amides is 1. The Hall–Kier alpha value is -1.26. The van der Waals surface area contributed by atoms with E-state index >= 15 is 0 Å². The monoisotopic (exact) mass is 260 g/mol.